The molecule has 1 N–H and O–H groups in total. The molecule has 2 aromatic rings. The van der Waals surface area contributed by atoms with Crippen molar-refractivity contribution >= 4 is 17.3 Å². The minimum absolute atomic E-state index is 0.586. The van der Waals surface area contributed by atoms with E-state index < -0.39 is 0 Å². The first-order chi connectivity index (χ1) is 15.0. The zero-order valence-electron chi connectivity index (χ0n) is 18.8. The molecular weight excluding hydrogens is 412 g/mol. The monoisotopic (exact) mass is 444 g/mol. The quantitative estimate of drug-likeness (QED) is 0.654. The molecule has 1 fully saturated rings. The lowest BCUT2D eigenvalue weighted by Crippen LogP contribution is -2.41. The first kappa shape index (κ1) is 23.1. The van der Waals surface area contributed by atoms with Gasteiger partial charge in [-0.1, -0.05) is 6.07 Å². The summed E-state index contributed by atoms with van der Waals surface area (Å²) in [7, 11) is 4.84. The minimum Gasteiger partial charge on any atom is -0.493 e. The molecule has 0 spiro atoms. The lowest BCUT2D eigenvalue weighted by Gasteiger charge is -2.25. The number of aryl methyl sites for hydroxylation is 1. The van der Waals surface area contributed by atoms with Crippen LogP contribution < -0.4 is 19.5 Å². The van der Waals surface area contributed by atoms with Crippen molar-refractivity contribution in [2.75, 3.05) is 47.5 Å². The number of thiocarbonyl (C=S) groups is 1. The number of hydrogen-bond acceptors (Lipinski definition) is 6. The van der Waals surface area contributed by atoms with Gasteiger partial charge in [-0.15, -0.1) is 0 Å². The molecule has 7 nitrogen and oxygen atoms in total. The van der Waals surface area contributed by atoms with Crippen molar-refractivity contribution in [3.8, 4) is 17.2 Å². The minimum atomic E-state index is 0.586. The van der Waals surface area contributed by atoms with Crippen LogP contribution in [0.5, 0.6) is 17.2 Å². The Bertz CT molecular complexity index is 868. The second-order valence-electron chi connectivity index (χ2n) is 7.58. The lowest BCUT2D eigenvalue weighted by molar-refractivity contribution is 0.274. The predicted octanol–water partition coefficient (Wildman–Crippen LogP) is 3.00. The average molecular weight is 445 g/mol. The van der Waals surface area contributed by atoms with E-state index in [4.69, 9.17) is 26.4 Å². The molecule has 31 heavy (non-hydrogen) atoms. The van der Waals surface area contributed by atoms with Crippen LogP contribution in [0.15, 0.2) is 30.3 Å². The van der Waals surface area contributed by atoms with Gasteiger partial charge < -0.3 is 24.4 Å². The van der Waals surface area contributed by atoms with E-state index in [1.165, 1.54) is 0 Å². The fourth-order valence-electron chi connectivity index (χ4n) is 3.78. The van der Waals surface area contributed by atoms with E-state index in [-0.39, 0.29) is 0 Å². The third-order valence-corrected chi connectivity index (χ3v) is 5.78. The molecule has 0 radical (unpaired) electrons. The SMILES string of the molecule is COc1cc(CNC(=S)N2CCCN(Cc3cccc(C)n3)CC2)cc(OC)c1OC. The highest BCUT2D eigenvalue weighted by Crippen LogP contribution is 2.38. The van der Waals surface area contributed by atoms with Crippen LogP contribution in [-0.2, 0) is 13.1 Å². The van der Waals surface area contributed by atoms with Crippen LogP contribution in [0.4, 0.5) is 0 Å². The molecule has 168 valence electrons. The van der Waals surface area contributed by atoms with E-state index in [2.05, 4.69) is 32.2 Å². The standard InChI is InChI=1S/C23H32N4O3S/c1-17-7-5-8-19(25-17)16-26-9-6-10-27(12-11-26)23(31)24-15-18-13-20(28-2)22(30-4)21(14-18)29-3/h5,7-8,13-14H,6,9-12,15-16H2,1-4H3,(H,24,31). The summed E-state index contributed by atoms with van der Waals surface area (Å²) in [6.45, 7) is 7.34. The van der Waals surface area contributed by atoms with E-state index in [1.807, 2.05) is 25.1 Å². The number of methoxy groups -OCH3 is 3. The van der Waals surface area contributed by atoms with Gasteiger partial charge in [-0.25, -0.2) is 0 Å². The van der Waals surface area contributed by atoms with Crippen molar-refractivity contribution in [1.82, 2.24) is 20.1 Å². The van der Waals surface area contributed by atoms with Crippen LogP contribution in [-0.4, -0.2) is 67.4 Å². The molecular formula is C23H32N4O3S. The van der Waals surface area contributed by atoms with Crippen molar-refractivity contribution in [2.24, 2.45) is 0 Å². The Hall–Kier alpha value is -2.58. The summed E-state index contributed by atoms with van der Waals surface area (Å²) in [5, 5.41) is 4.15. The zero-order chi connectivity index (χ0) is 22.2. The van der Waals surface area contributed by atoms with Crippen molar-refractivity contribution < 1.29 is 14.2 Å². The van der Waals surface area contributed by atoms with Gasteiger partial charge in [0.15, 0.2) is 16.6 Å². The summed E-state index contributed by atoms with van der Waals surface area (Å²) in [5.74, 6) is 1.87. The van der Waals surface area contributed by atoms with Crippen molar-refractivity contribution in [2.45, 2.75) is 26.4 Å². The van der Waals surface area contributed by atoms with Crippen LogP contribution in [0.25, 0.3) is 0 Å². The Kier molecular flexibility index (Phi) is 8.31. The Balaban J connectivity index is 1.55. The lowest BCUT2D eigenvalue weighted by atomic mass is 10.2. The molecule has 0 amide bonds. The average Bonchev–Trinajstić information content (AvgIpc) is 3.02. The first-order valence-corrected chi connectivity index (χ1v) is 10.9. The van der Waals surface area contributed by atoms with E-state index in [1.54, 1.807) is 21.3 Å². The summed E-state index contributed by atoms with van der Waals surface area (Å²) in [6.07, 6.45) is 1.07. The van der Waals surface area contributed by atoms with Crippen LogP contribution in [0.3, 0.4) is 0 Å². The second-order valence-corrected chi connectivity index (χ2v) is 7.97. The Morgan fingerprint density at radius 1 is 1.03 bits per heavy atom. The third kappa shape index (κ3) is 6.21. The van der Waals surface area contributed by atoms with Gasteiger partial charge in [0, 0.05) is 45.0 Å². The number of nitrogens with zero attached hydrogens (tertiary/aromatic N) is 3. The summed E-state index contributed by atoms with van der Waals surface area (Å²) in [6, 6.07) is 10.1. The third-order valence-electron chi connectivity index (χ3n) is 5.38. The number of pyridine rings is 1. The molecule has 8 heteroatoms. The highest BCUT2D eigenvalue weighted by atomic mass is 32.1. The zero-order valence-corrected chi connectivity index (χ0v) is 19.6. The van der Waals surface area contributed by atoms with Gasteiger partial charge in [-0.2, -0.15) is 0 Å². The topological polar surface area (TPSA) is 59.1 Å². The number of hydrogen-bond donors (Lipinski definition) is 1. The van der Waals surface area contributed by atoms with Gasteiger partial charge in [-0.3, -0.25) is 9.88 Å². The largest absolute Gasteiger partial charge is 0.493 e. The normalized spacial score (nSPS) is 14.6. The fourth-order valence-corrected chi connectivity index (χ4v) is 4.03. The number of ether oxygens (including phenoxy) is 3. The maximum absolute atomic E-state index is 5.69. The number of aromatic nitrogens is 1. The fraction of sp³-hybridized carbons (Fsp3) is 0.478. The van der Waals surface area contributed by atoms with Crippen molar-refractivity contribution in [1.29, 1.82) is 0 Å². The van der Waals surface area contributed by atoms with E-state index in [0.29, 0.717) is 23.8 Å². The molecule has 1 aliphatic rings. The molecule has 0 atom stereocenters. The molecule has 1 aromatic carbocycles. The molecule has 0 bridgehead atoms. The first-order valence-electron chi connectivity index (χ1n) is 10.5. The van der Waals surface area contributed by atoms with Crippen molar-refractivity contribution in [3.63, 3.8) is 0 Å². The molecule has 0 aliphatic carbocycles. The molecule has 1 saturated heterocycles. The Morgan fingerprint density at radius 2 is 1.77 bits per heavy atom. The molecule has 1 aliphatic heterocycles. The van der Waals surface area contributed by atoms with Crippen molar-refractivity contribution in [3.05, 3.63) is 47.3 Å². The highest BCUT2D eigenvalue weighted by molar-refractivity contribution is 7.80. The Morgan fingerprint density at radius 3 is 2.42 bits per heavy atom. The number of nitrogens with one attached hydrogen (secondary N) is 1. The van der Waals surface area contributed by atoms with E-state index in [0.717, 1.165) is 61.2 Å². The molecule has 3 rings (SSSR count). The summed E-state index contributed by atoms with van der Waals surface area (Å²) in [4.78, 5) is 9.33. The van der Waals surface area contributed by atoms with E-state index in [9.17, 15) is 0 Å². The summed E-state index contributed by atoms with van der Waals surface area (Å²) < 4.78 is 16.3. The molecule has 0 unspecified atom stereocenters. The second kappa shape index (κ2) is 11.2. The van der Waals surface area contributed by atoms with Crippen LogP contribution in [0.1, 0.15) is 23.4 Å². The van der Waals surface area contributed by atoms with Gasteiger partial charge in [0.2, 0.25) is 5.75 Å². The van der Waals surface area contributed by atoms with Gasteiger partial charge >= 0.3 is 0 Å². The maximum atomic E-state index is 5.69. The predicted molar refractivity (Wildman–Crippen MR) is 126 cm³/mol. The number of benzene rings is 1. The van der Waals surface area contributed by atoms with Crippen LogP contribution in [0.2, 0.25) is 0 Å². The van der Waals surface area contributed by atoms with Gasteiger partial charge in [0.05, 0.1) is 27.0 Å². The Labute approximate surface area is 190 Å². The highest BCUT2D eigenvalue weighted by Gasteiger charge is 2.18. The van der Waals surface area contributed by atoms with Gasteiger partial charge in [0.25, 0.3) is 0 Å². The molecule has 0 saturated carbocycles. The maximum Gasteiger partial charge on any atom is 0.203 e. The number of rotatable bonds is 7. The van der Waals surface area contributed by atoms with Gasteiger partial charge in [-0.05, 0) is 55.4 Å². The molecule has 1 aromatic heterocycles. The summed E-state index contributed by atoms with van der Waals surface area (Å²) in [5.41, 5.74) is 3.20. The smallest absolute Gasteiger partial charge is 0.203 e. The molecule has 2 heterocycles. The summed E-state index contributed by atoms with van der Waals surface area (Å²) >= 11 is 5.69. The van der Waals surface area contributed by atoms with E-state index >= 15 is 0 Å². The van der Waals surface area contributed by atoms with Crippen LogP contribution in [0, 0.1) is 6.92 Å². The van der Waals surface area contributed by atoms with Gasteiger partial charge in [0.1, 0.15) is 0 Å². The van der Waals surface area contributed by atoms with Crippen LogP contribution >= 0.6 is 12.2 Å².